The third kappa shape index (κ3) is 8.43. The van der Waals surface area contributed by atoms with E-state index in [0.29, 0.717) is 0 Å². The number of carbonyl (C=O) groups is 2. The van der Waals surface area contributed by atoms with E-state index in [1.165, 1.54) is 6.07 Å². The fourth-order valence-electron chi connectivity index (χ4n) is 3.59. The molecule has 186 valence electrons. The molecule has 12 heteroatoms. The standard InChI is InChI=1S/C21H31F2N3O6S/c1-21(2,3)32-20(29)26-18(13-7-5-4-6-8-13)19(28)25-14-9-10-16(15(27)11-14)33(30,31)24-12-17(22)23/h9-11,13,17-18,24,27H,4-8,12H2,1-3H3,(H,25,28)(H,26,29)/t18-/m0/s1. The number of nitrogens with one attached hydrogen (secondary N) is 3. The van der Waals surface area contributed by atoms with E-state index < -0.39 is 57.3 Å². The molecule has 4 N–H and O–H groups in total. The third-order valence-corrected chi connectivity index (χ3v) is 6.49. The highest BCUT2D eigenvalue weighted by Gasteiger charge is 2.32. The maximum atomic E-state index is 13.0. The van der Waals surface area contributed by atoms with Gasteiger partial charge in [0.05, 0.1) is 6.54 Å². The van der Waals surface area contributed by atoms with Crippen molar-refractivity contribution in [1.29, 1.82) is 0 Å². The van der Waals surface area contributed by atoms with Gasteiger partial charge in [0, 0.05) is 11.8 Å². The average molecular weight is 492 g/mol. The van der Waals surface area contributed by atoms with Crippen molar-refractivity contribution in [3.63, 3.8) is 0 Å². The van der Waals surface area contributed by atoms with E-state index in [4.69, 9.17) is 4.74 Å². The Balaban J connectivity index is 2.17. The number of phenols is 1. The molecule has 0 heterocycles. The Morgan fingerprint density at radius 3 is 2.36 bits per heavy atom. The zero-order valence-electron chi connectivity index (χ0n) is 18.9. The number of alkyl halides is 2. The van der Waals surface area contributed by atoms with Gasteiger partial charge in [-0.05, 0) is 51.7 Å². The second-order valence-electron chi connectivity index (χ2n) is 8.94. The van der Waals surface area contributed by atoms with Crippen LogP contribution in [0.2, 0.25) is 0 Å². The number of hydrogen-bond acceptors (Lipinski definition) is 6. The van der Waals surface area contributed by atoms with Crippen LogP contribution in [0.1, 0.15) is 52.9 Å². The molecule has 0 aromatic heterocycles. The zero-order valence-corrected chi connectivity index (χ0v) is 19.7. The number of sulfonamides is 1. The van der Waals surface area contributed by atoms with Gasteiger partial charge in [0.15, 0.2) is 0 Å². The average Bonchev–Trinajstić information content (AvgIpc) is 2.69. The fourth-order valence-corrected chi connectivity index (χ4v) is 4.67. The highest BCUT2D eigenvalue weighted by molar-refractivity contribution is 7.89. The minimum atomic E-state index is -4.36. The van der Waals surface area contributed by atoms with Gasteiger partial charge >= 0.3 is 6.09 Å². The first-order valence-corrected chi connectivity index (χ1v) is 12.2. The van der Waals surface area contributed by atoms with Crippen molar-refractivity contribution in [2.24, 2.45) is 5.92 Å². The van der Waals surface area contributed by atoms with Crippen LogP contribution in [0.25, 0.3) is 0 Å². The number of hydrogen-bond donors (Lipinski definition) is 4. The second-order valence-corrected chi connectivity index (χ2v) is 10.7. The van der Waals surface area contributed by atoms with Gasteiger partial charge in [-0.25, -0.2) is 26.7 Å². The van der Waals surface area contributed by atoms with Crippen molar-refractivity contribution < 1.29 is 36.6 Å². The van der Waals surface area contributed by atoms with Crippen LogP contribution < -0.4 is 15.4 Å². The molecule has 0 radical (unpaired) electrons. The number of anilines is 1. The highest BCUT2D eigenvalue weighted by Crippen LogP contribution is 2.29. The van der Waals surface area contributed by atoms with Crippen LogP contribution in [0, 0.1) is 5.92 Å². The number of amides is 2. The summed E-state index contributed by atoms with van der Waals surface area (Å²) < 4.78 is 55.8. The molecule has 2 rings (SSSR count). The largest absolute Gasteiger partial charge is 0.506 e. The van der Waals surface area contributed by atoms with Crippen molar-refractivity contribution in [2.45, 2.75) is 75.8 Å². The Morgan fingerprint density at radius 2 is 1.82 bits per heavy atom. The lowest BCUT2D eigenvalue weighted by Gasteiger charge is -2.31. The molecule has 0 saturated heterocycles. The van der Waals surface area contributed by atoms with Crippen LogP contribution in [-0.4, -0.2) is 50.1 Å². The molecule has 1 fully saturated rings. The first kappa shape index (κ1) is 26.8. The molecule has 1 atom stereocenters. The van der Waals surface area contributed by atoms with E-state index in [-0.39, 0.29) is 11.6 Å². The van der Waals surface area contributed by atoms with Crippen LogP contribution in [0.4, 0.5) is 19.3 Å². The van der Waals surface area contributed by atoms with E-state index in [1.54, 1.807) is 25.5 Å². The van der Waals surface area contributed by atoms with Crippen LogP contribution >= 0.6 is 0 Å². The quantitative estimate of drug-likeness (QED) is 0.441. The summed E-state index contributed by atoms with van der Waals surface area (Å²) in [6, 6.07) is 2.33. The number of ether oxygens (including phenoxy) is 1. The molecule has 1 aliphatic carbocycles. The lowest BCUT2D eigenvalue weighted by Crippen LogP contribution is -2.50. The molecule has 1 saturated carbocycles. The van der Waals surface area contributed by atoms with Crippen molar-refractivity contribution in [3.8, 4) is 5.75 Å². The van der Waals surface area contributed by atoms with E-state index in [0.717, 1.165) is 44.2 Å². The van der Waals surface area contributed by atoms with Crippen LogP contribution in [-0.2, 0) is 19.6 Å². The first-order chi connectivity index (χ1) is 15.3. The van der Waals surface area contributed by atoms with E-state index in [1.807, 2.05) is 0 Å². The summed E-state index contributed by atoms with van der Waals surface area (Å²) in [5.41, 5.74) is -0.666. The Labute approximate surface area is 192 Å². The summed E-state index contributed by atoms with van der Waals surface area (Å²) in [4.78, 5) is 24.7. The van der Waals surface area contributed by atoms with Crippen molar-refractivity contribution >= 4 is 27.7 Å². The summed E-state index contributed by atoms with van der Waals surface area (Å²) in [7, 11) is -4.36. The predicted molar refractivity (Wildman–Crippen MR) is 118 cm³/mol. The smallest absolute Gasteiger partial charge is 0.408 e. The molecule has 0 aliphatic heterocycles. The van der Waals surface area contributed by atoms with Crippen LogP contribution in [0.3, 0.4) is 0 Å². The lowest BCUT2D eigenvalue weighted by molar-refractivity contribution is -0.119. The Hall–Kier alpha value is -2.47. The molecule has 1 aromatic rings. The molecular weight excluding hydrogens is 460 g/mol. The molecule has 9 nitrogen and oxygen atoms in total. The Morgan fingerprint density at radius 1 is 1.18 bits per heavy atom. The van der Waals surface area contributed by atoms with Crippen molar-refractivity contribution in [1.82, 2.24) is 10.0 Å². The lowest BCUT2D eigenvalue weighted by atomic mass is 9.83. The minimum absolute atomic E-state index is 0.0807. The third-order valence-electron chi connectivity index (χ3n) is 5.02. The first-order valence-electron chi connectivity index (χ1n) is 10.7. The number of carbonyl (C=O) groups excluding carboxylic acids is 2. The van der Waals surface area contributed by atoms with Gasteiger partial charge in [-0.15, -0.1) is 0 Å². The second kappa shape index (κ2) is 11.1. The number of rotatable bonds is 8. The van der Waals surface area contributed by atoms with E-state index in [9.17, 15) is 31.9 Å². The minimum Gasteiger partial charge on any atom is -0.506 e. The van der Waals surface area contributed by atoms with Crippen molar-refractivity contribution in [2.75, 3.05) is 11.9 Å². The maximum Gasteiger partial charge on any atom is 0.408 e. The van der Waals surface area contributed by atoms with Gasteiger partial charge in [-0.1, -0.05) is 19.3 Å². The number of benzene rings is 1. The van der Waals surface area contributed by atoms with E-state index in [2.05, 4.69) is 10.6 Å². The summed E-state index contributed by atoms with van der Waals surface area (Å²) in [6.45, 7) is 4.02. The SMILES string of the molecule is CC(C)(C)OC(=O)N[C@H](C(=O)Nc1ccc(S(=O)(=O)NCC(F)F)c(O)c1)C1CCCCC1. The van der Waals surface area contributed by atoms with Gasteiger partial charge in [0.1, 0.15) is 22.3 Å². The summed E-state index contributed by atoms with van der Waals surface area (Å²) in [5, 5.41) is 15.3. The van der Waals surface area contributed by atoms with Crippen LogP contribution in [0.15, 0.2) is 23.1 Å². The fraction of sp³-hybridized carbons (Fsp3) is 0.619. The zero-order chi connectivity index (χ0) is 24.8. The van der Waals surface area contributed by atoms with Gasteiger partial charge in [-0.2, -0.15) is 0 Å². The molecule has 2 amide bonds. The topological polar surface area (TPSA) is 134 Å². The number of aromatic hydroxyl groups is 1. The molecular formula is C21H31F2N3O6S. The molecule has 1 aliphatic rings. The van der Waals surface area contributed by atoms with E-state index >= 15 is 0 Å². The molecule has 0 unspecified atom stereocenters. The van der Waals surface area contributed by atoms with Gasteiger partial charge in [0.25, 0.3) is 6.43 Å². The summed E-state index contributed by atoms with van der Waals surface area (Å²) in [6.07, 6.45) is 0.739. The molecule has 0 spiro atoms. The Bertz CT molecular complexity index is 944. The summed E-state index contributed by atoms with van der Waals surface area (Å²) in [5.74, 6) is -1.37. The number of halogens is 2. The molecule has 1 aromatic carbocycles. The molecule has 0 bridgehead atoms. The monoisotopic (exact) mass is 491 g/mol. The Kier molecular flexibility index (Phi) is 9.01. The van der Waals surface area contributed by atoms with Crippen LogP contribution in [0.5, 0.6) is 5.75 Å². The molecule has 33 heavy (non-hydrogen) atoms. The summed E-state index contributed by atoms with van der Waals surface area (Å²) >= 11 is 0. The van der Waals surface area contributed by atoms with Gasteiger partial charge < -0.3 is 20.5 Å². The van der Waals surface area contributed by atoms with Crippen molar-refractivity contribution in [3.05, 3.63) is 18.2 Å². The highest BCUT2D eigenvalue weighted by atomic mass is 32.2. The van der Waals surface area contributed by atoms with Gasteiger partial charge in [0.2, 0.25) is 15.9 Å². The number of phenolic OH excluding ortho intramolecular Hbond substituents is 1. The normalized spacial score (nSPS) is 16.3. The van der Waals surface area contributed by atoms with Gasteiger partial charge in [-0.3, -0.25) is 4.79 Å². The maximum absolute atomic E-state index is 13.0. The number of alkyl carbamates (subject to hydrolysis) is 1. The predicted octanol–water partition coefficient (Wildman–Crippen LogP) is 3.35.